The van der Waals surface area contributed by atoms with Crippen molar-refractivity contribution in [1.82, 2.24) is 5.32 Å². The molecule has 5 heteroatoms. The predicted octanol–water partition coefficient (Wildman–Crippen LogP) is 0.670. The molecule has 0 bridgehead atoms. The minimum atomic E-state index is -0.438. The Morgan fingerprint density at radius 2 is 1.93 bits per heavy atom. The van der Waals surface area contributed by atoms with E-state index >= 15 is 0 Å². The van der Waals surface area contributed by atoms with E-state index < -0.39 is 6.10 Å². The van der Waals surface area contributed by atoms with Crippen LogP contribution in [-0.4, -0.2) is 30.2 Å². The van der Waals surface area contributed by atoms with Crippen molar-refractivity contribution in [2.45, 2.75) is 39.2 Å². The van der Waals surface area contributed by atoms with Crippen LogP contribution in [0.2, 0.25) is 0 Å². The van der Waals surface area contributed by atoms with E-state index in [1.807, 2.05) is 13.8 Å². The fraction of sp³-hybridized carbons (Fsp3) is 0.900. The van der Waals surface area contributed by atoms with E-state index in [-0.39, 0.29) is 24.2 Å². The molecule has 0 saturated heterocycles. The third-order valence-electron chi connectivity index (χ3n) is 2.47. The summed E-state index contributed by atoms with van der Waals surface area (Å²) in [6, 6.07) is 0. The number of hydrogen-bond donors (Lipinski definition) is 3. The number of nitrogens with two attached hydrogens (primary N) is 1. The molecule has 1 amide bonds. The van der Waals surface area contributed by atoms with Gasteiger partial charge in [0.05, 0.1) is 6.10 Å². The topological polar surface area (TPSA) is 75.3 Å². The zero-order valence-corrected chi connectivity index (χ0v) is 10.3. The Hall–Kier alpha value is -0.320. The number of rotatable bonds is 7. The smallest absolute Gasteiger partial charge is 0.221 e. The van der Waals surface area contributed by atoms with Crippen LogP contribution in [-0.2, 0) is 4.79 Å². The molecule has 15 heavy (non-hydrogen) atoms. The lowest BCUT2D eigenvalue weighted by Gasteiger charge is -2.20. The van der Waals surface area contributed by atoms with Crippen molar-refractivity contribution < 1.29 is 9.90 Å². The van der Waals surface area contributed by atoms with E-state index in [0.29, 0.717) is 19.5 Å². The predicted molar refractivity (Wildman–Crippen MR) is 64.0 cm³/mol. The third kappa shape index (κ3) is 7.59. The zero-order valence-electron chi connectivity index (χ0n) is 9.53. The van der Waals surface area contributed by atoms with E-state index in [1.165, 1.54) is 0 Å². The highest BCUT2D eigenvalue weighted by molar-refractivity contribution is 5.85. The Morgan fingerprint density at radius 1 is 1.40 bits per heavy atom. The van der Waals surface area contributed by atoms with Gasteiger partial charge in [-0.25, -0.2) is 0 Å². The summed E-state index contributed by atoms with van der Waals surface area (Å²) in [6.45, 7) is 4.77. The van der Waals surface area contributed by atoms with Crippen LogP contribution in [0, 0.1) is 5.92 Å². The molecule has 0 rings (SSSR count). The molecule has 1 unspecified atom stereocenters. The average molecular weight is 239 g/mol. The molecule has 0 saturated carbocycles. The Labute approximate surface area is 98.0 Å². The highest BCUT2D eigenvalue weighted by Crippen LogP contribution is 2.11. The largest absolute Gasteiger partial charge is 0.391 e. The maximum Gasteiger partial charge on any atom is 0.221 e. The maximum atomic E-state index is 11.0. The molecule has 0 aromatic carbocycles. The number of carbonyl (C=O) groups excluding carboxylic acids is 1. The summed E-state index contributed by atoms with van der Waals surface area (Å²) in [5, 5.41) is 12.3. The summed E-state index contributed by atoms with van der Waals surface area (Å²) in [5.41, 5.74) is 5.22. The second-order valence-corrected chi connectivity index (χ2v) is 3.49. The molecule has 0 spiro atoms. The fourth-order valence-corrected chi connectivity index (χ4v) is 1.44. The normalized spacial score (nSPS) is 12.1. The molecule has 0 aliphatic heterocycles. The van der Waals surface area contributed by atoms with E-state index in [4.69, 9.17) is 5.73 Å². The number of hydrogen-bond acceptors (Lipinski definition) is 3. The van der Waals surface area contributed by atoms with Crippen LogP contribution in [0.1, 0.15) is 33.1 Å². The molecule has 92 valence electrons. The summed E-state index contributed by atoms with van der Waals surface area (Å²) in [6.07, 6.45) is 1.76. The van der Waals surface area contributed by atoms with Crippen molar-refractivity contribution in [2.75, 3.05) is 13.1 Å². The van der Waals surface area contributed by atoms with Gasteiger partial charge in [-0.15, -0.1) is 12.4 Å². The summed E-state index contributed by atoms with van der Waals surface area (Å²) < 4.78 is 0. The highest BCUT2D eigenvalue weighted by Gasteiger charge is 2.15. The number of carbonyl (C=O) groups is 1. The summed E-state index contributed by atoms with van der Waals surface area (Å²) in [7, 11) is 0. The van der Waals surface area contributed by atoms with Crippen LogP contribution in [0.15, 0.2) is 0 Å². The minimum Gasteiger partial charge on any atom is -0.391 e. The van der Waals surface area contributed by atoms with Gasteiger partial charge in [0.15, 0.2) is 0 Å². The first-order valence-electron chi connectivity index (χ1n) is 5.30. The lowest BCUT2D eigenvalue weighted by molar-refractivity contribution is -0.121. The lowest BCUT2D eigenvalue weighted by Crippen LogP contribution is -2.36. The Kier molecular flexibility index (Phi) is 11.6. The first-order chi connectivity index (χ1) is 6.65. The third-order valence-corrected chi connectivity index (χ3v) is 2.47. The Balaban J connectivity index is 0. The van der Waals surface area contributed by atoms with Gasteiger partial charge in [0.25, 0.3) is 0 Å². The lowest BCUT2D eigenvalue weighted by atomic mass is 9.96. The van der Waals surface area contributed by atoms with E-state index in [1.54, 1.807) is 0 Å². The molecular weight excluding hydrogens is 216 g/mol. The van der Waals surface area contributed by atoms with E-state index in [2.05, 4.69) is 5.32 Å². The molecule has 1 atom stereocenters. The van der Waals surface area contributed by atoms with Crippen molar-refractivity contribution in [3.8, 4) is 0 Å². The van der Waals surface area contributed by atoms with Gasteiger partial charge in [-0.3, -0.25) is 4.79 Å². The fourth-order valence-electron chi connectivity index (χ4n) is 1.44. The first-order valence-corrected chi connectivity index (χ1v) is 5.30. The molecule has 4 nitrogen and oxygen atoms in total. The van der Waals surface area contributed by atoms with Gasteiger partial charge in [-0.1, -0.05) is 26.7 Å². The second kappa shape index (κ2) is 10.2. The number of amides is 1. The van der Waals surface area contributed by atoms with Crippen LogP contribution in [0.5, 0.6) is 0 Å². The van der Waals surface area contributed by atoms with Crippen LogP contribution in [0.25, 0.3) is 0 Å². The molecule has 0 fully saturated rings. The summed E-state index contributed by atoms with van der Waals surface area (Å²) in [5.74, 6) is 0.186. The second-order valence-electron chi connectivity index (χ2n) is 3.49. The number of aliphatic hydroxyl groups excluding tert-OH is 1. The van der Waals surface area contributed by atoms with E-state index in [9.17, 15) is 9.90 Å². The number of nitrogens with one attached hydrogen (secondary N) is 1. The quantitative estimate of drug-likeness (QED) is 0.610. The SMILES string of the molecule is CCC(CC)C(O)CNC(=O)CCN.Cl. The molecule has 0 aliphatic carbocycles. The molecular formula is C10H23ClN2O2. The maximum absolute atomic E-state index is 11.0. The molecule has 0 aliphatic rings. The van der Waals surface area contributed by atoms with Crippen LogP contribution >= 0.6 is 12.4 Å². The summed E-state index contributed by atoms with van der Waals surface area (Å²) >= 11 is 0. The molecule has 4 N–H and O–H groups in total. The van der Waals surface area contributed by atoms with Crippen molar-refractivity contribution in [3.05, 3.63) is 0 Å². The molecule has 0 heterocycles. The van der Waals surface area contributed by atoms with Gasteiger partial charge >= 0.3 is 0 Å². The molecule has 0 aromatic rings. The standard InChI is InChI=1S/C10H22N2O2.ClH/c1-3-8(4-2)9(13)7-12-10(14)5-6-11;/h8-9,13H,3-7,11H2,1-2H3,(H,12,14);1H. The van der Waals surface area contributed by atoms with Gasteiger partial charge in [-0.2, -0.15) is 0 Å². The average Bonchev–Trinajstić information content (AvgIpc) is 2.17. The van der Waals surface area contributed by atoms with E-state index in [0.717, 1.165) is 12.8 Å². The summed E-state index contributed by atoms with van der Waals surface area (Å²) in [4.78, 5) is 11.0. The van der Waals surface area contributed by atoms with Crippen LogP contribution < -0.4 is 11.1 Å². The molecule has 0 aromatic heterocycles. The monoisotopic (exact) mass is 238 g/mol. The van der Waals surface area contributed by atoms with Gasteiger partial charge in [-0.05, 0) is 5.92 Å². The number of aliphatic hydroxyl groups is 1. The van der Waals surface area contributed by atoms with Gasteiger partial charge in [0.2, 0.25) is 5.91 Å². The van der Waals surface area contributed by atoms with Gasteiger partial charge < -0.3 is 16.2 Å². The Bertz CT molecular complexity index is 164. The van der Waals surface area contributed by atoms with Crippen molar-refractivity contribution >= 4 is 18.3 Å². The highest BCUT2D eigenvalue weighted by atomic mass is 35.5. The number of halogens is 1. The molecule has 0 radical (unpaired) electrons. The minimum absolute atomic E-state index is 0. The van der Waals surface area contributed by atoms with Crippen LogP contribution in [0.4, 0.5) is 0 Å². The zero-order chi connectivity index (χ0) is 11.0. The first kappa shape index (κ1) is 17.1. The van der Waals surface area contributed by atoms with Gasteiger partial charge in [0.1, 0.15) is 0 Å². The van der Waals surface area contributed by atoms with Crippen LogP contribution in [0.3, 0.4) is 0 Å². The van der Waals surface area contributed by atoms with Crippen molar-refractivity contribution in [1.29, 1.82) is 0 Å². The van der Waals surface area contributed by atoms with Gasteiger partial charge in [0, 0.05) is 19.5 Å². The Morgan fingerprint density at radius 3 is 2.33 bits per heavy atom. The van der Waals surface area contributed by atoms with Crippen molar-refractivity contribution in [2.24, 2.45) is 11.7 Å². The van der Waals surface area contributed by atoms with Crippen molar-refractivity contribution in [3.63, 3.8) is 0 Å².